The highest BCUT2D eigenvalue weighted by Gasteiger charge is 2.24. The van der Waals surface area contributed by atoms with Crippen molar-refractivity contribution in [3.8, 4) is 11.5 Å². The van der Waals surface area contributed by atoms with Crippen LogP contribution in [0, 0.1) is 27.7 Å². The van der Waals surface area contributed by atoms with Gasteiger partial charge in [-0.15, -0.1) is 0 Å². The Morgan fingerprint density at radius 3 is 2.00 bits per heavy atom. The summed E-state index contributed by atoms with van der Waals surface area (Å²) in [5, 5.41) is 19.5. The fourth-order valence-corrected chi connectivity index (χ4v) is 4.14. The summed E-state index contributed by atoms with van der Waals surface area (Å²) in [5.41, 5.74) is 2.47. The average Bonchev–Trinajstić information content (AvgIpc) is 2.37. The SMILES string of the molecule is Cc1cc(C)c(S(=O)(=O)c2cc(O)cc(C)c2C)cc1O. The summed E-state index contributed by atoms with van der Waals surface area (Å²) in [5.74, 6) is -0.153. The molecule has 5 heteroatoms. The monoisotopic (exact) mass is 306 g/mol. The topological polar surface area (TPSA) is 74.6 Å². The van der Waals surface area contributed by atoms with Crippen molar-refractivity contribution in [3.63, 3.8) is 0 Å². The van der Waals surface area contributed by atoms with Gasteiger partial charge in [0.15, 0.2) is 0 Å². The molecular weight excluding hydrogens is 288 g/mol. The van der Waals surface area contributed by atoms with E-state index in [1.807, 2.05) is 0 Å². The maximum atomic E-state index is 12.8. The van der Waals surface area contributed by atoms with Crippen molar-refractivity contribution < 1.29 is 18.6 Å². The predicted octanol–water partition coefficient (Wildman–Crippen LogP) is 3.16. The zero-order valence-electron chi connectivity index (χ0n) is 12.4. The molecule has 0 fully saturated rings. The van der Waals surface area contributed by atoms with E-state index in [9.17, 15) is 18.6 Å². The minimum Gasteiger partial charge on any atom is -0.508 e. The van der Waals surface area contributed by atoms with E-state index in [1.165, 1.54) is 18.2 Å². The van der Waals surface area contributed by atoms with Crippen LogP contribution in [0.4, 0.5) is 0 Å². The molecule has 0 unspecified atom stereocenters. The van der Waals surface area contributed by atoms with Gasteiger partial charge in [-0.3, -0.25) is 0 Å². The number of hydrogen-bond donors (Lipinski definition) is 2. The lowest BCUT2D eigenvalue weighted by atomic mass is 10.1. The van der Waals surface area contributed by atoms with Gasteiger partial charge < -0.3 is 10.2 Å². The molecule has 112 valence electrons. The summed E-state index contributed by atoms with van der Waals surface area (Å²) in [6.07, 6.45) is 0. The third-order valence-corrected chi connectivity index (χ3v) is 5.70. The van der Waals surface area contributed by atoms with Gasteiger partial charge in [0.25, 0.3) is 0 Å². The summed E-state index contributed by atoms with van der Waals surface area (Å²) in [7, 11) is -3.80. The van der Waals surface area contributed by atoms with Crippen LogP contribution < -0.4 is 0 Å². The molecule has 0 saturated heterocycles. The van der Waals surface area contributed by atoms with E-state index in [0.717, 1.165) is 0 Å². The van der Waals surface area contributed by atoms with E-state index < -0.39 is 9.84 Å². The summed E-state index contributed by atoms with van der Waals surface area (Å²) in [6, 6.07) is 5.66. The number of hydrogen-bond acceptors (Lipinski definition) is 4. The van der Waals surface area contributed by atoms with Crippen LogP contribution in [0.15, 0.2) is 34.1 Å². The van der Waals surface area contributed by atoms with Gasteiger partial charge in [0, 0.05) is 0 Å². The lowest BCUT2D eigenvalue weighted by molar-refractivity contribution is 0.468. The number of rotatable bonds is 2. The Hall–Kier alpha value is -2.01. The van der Waals surface area contributed by atoms with Gasteiger partial charge in [-0.2, -0.15) is 0 Å². The van der Waals surface area contributed by atoms with Gasteiger partial charge in [0.2, 0.25) is 9.84 Å². The van der Waals surface area contributed by atoms with Crippen LogP contribution in [0.1, 0.15) is 22.3 Å². The van der Waals surface area contributed by atoms with Crippen LogP contribution in [-0.4, -0.2) is 18.6 Å². The zero-order chi connectivity index (χ0) is 15.9. The zero-order valence-corrected chi connectivity index (χ0v) is 13.2. The summed E-state index contributed by atoms with van der Waals surface area (Å²) >= 11 is 0. The van der Waals surface area contributed by atoms with Gasteiger partial charge in [-0.05, 0) is 68.1 Å². The molecule has 0 heterocycles. The Morgan fingerprint density at radius 2 is 1.38 bits per heavy atom. The van der Waals surface area contributed by atoms with E-state index in [4.69, 9.17) is 0 Å². The standard InChI is InChI=1S/C16H18O4S/c1-9-6-13(17)7-16(12(9)4)21(19,20)15-8-14(18)10(2)5-11(15)3/h5-8,17-18H,1-4H3. The number of aryl methyl sites for hydroxylation is 3. The van der Waals surface area contributed by atoms with Gasteiger partial charge in [0.05, 0.1) is 9.79 Å². The van der Waals surface area contributed by atoms with Crippen LogP contribution >= 0.6 is 0 Å². The van der Waals surface area contributed by atoms with Gasteiger partial charge in [-0.25, -0.2) is 8.42 Å². The quantitative estimate of drug-likeness (QED) is 0.893. The molecule has 2 N–H and O–H groups in total. The number of phenolic OH excluding ortho intramolecular Hbond substituents is 2. The highest BCUT2D eigenvalue weighted by molar-refractivity contribution is 7.91. The highest BCUT2D eigenvalue weighted by atomic mass is 32.2. The number of sulfone groups is 1. The van der Waals surface area contributed by atoms with Gasteiger partial charge >= 0.3 is 0 Å². The van der Waals surface area contributed by atoms with Crippen molar-refractivity contribution in [2.75, 3.05) is 0 Å². The van der Waals surface area contributed by atoms with E-state index >= 15 is 0 Å². The molecule has 2 aromatic carbocycles. The second-order valence-electron chi connectivity index (χ2n) is 5.29. The first-order valence-electron chi connectivity index (χ1n) is 6.50. The molecule has 0 saturated carbocycles. The number of benzene rings is 2. The lowest BCUT2D eigenvalue weighted by Gasteiger charge is -2.14. The molecular formula is C16H18O4S. The lowest BCUT2D eigenvalue weighted by Crippen LogP contribution is -2.07. The van der Waals surface area contributed by atoms with Crippen molar-refractivity contribution in [1.29, 1.82) is 0 Å². The first-order chi connectivity index (χ1) is 9.64. The third kappa shape index (κ3) is 2.61. The molecule has 0 spiro atoms. The van der Waals surface area contributed by atoms with E-state index in [1.54, 1.807) is 33.8 Å². The first kappa shape index (κ1) is 15.4. The van der Waals surface area contributed by atoms with Crippen LogP contribution in [0.3, 0.4) is 0 Å². The molecule has 0 aliphatic carbocycles. The average molecular weight is 306 g/mol. The molecule has 0 amide bonds. The third-order valence-electron chi connectivity index (χ3n) is 3.68. The Kier molecular flexibility index (Phi) is 3.72. The molecule has 4 nitrogen and oxygen atoms in total. The van der Waals surface area contributed by atoms with Gasteiger partial charge in [-0.1, -0.05) is 6.07 Å². The maximum Gasteiger partial charge on any atom is 0.207 e. The largest absolute Gasteiger partial charge is 0.508 e. The Labute approximate surface area is 124 Å². The van der Waals surface area contributed by atoms with Crippen LogP contribution in [0.5, 0.6) is 11.5 Å². The van der Waals surface area contributed by atoms with Crippen molar-refractivity contribution in [2.45, 2.75) is 37.5 Å². The smallest absolute Gasteiger partial charge is 0.207 e. The van der Waals surface area contributed by atoms with Crippen LogP contribution in [0.25, 0.3) is 0 Å². The van der Waals surface area contributed by atoms with Crippen molar-refractivity contribution in [3.05, 3.63) is 46.5 Å². The van der Waals surface area contributed by atoms with E-state index in [-0.39, 0.29) is 21.3 Å². The number of phenols is 2. The normalized spacial score (nSPS) is 11.6. The summed E-state index contributed by atoms with van der Waals surface area (Å²) < 4.78 is 25.6. The van der Waals surface area contributed by atoms with Crippen LogP contribution in [-0.2, 0) is 9.84 Å². The van der Waals surface area contributed by atoms with E-state index in [0.29, 0.717) is 22.3 Å². The molecule has 21 heavy (non-hydrogen) atoms. The molecule has 0 radical (unpaired) electrons. The summed E-state index contributed by atoms with van der Waals surface area (Å²) in [6.45, 7) is 6.84. The number of aromatic hydroxyl groups is 2. The second-order valence-corrected chi connectivity index (χ2v) is 7.18. The first-order valence-corrected chi connectivity index (χ1v) is 7.98. The fraction of sp³-hybridized carbons (Fsp3) is 0.250. The maximum absolute atomic E-state index is 12.8. The fourth-order valence-electron chi connectivity index (χ4n) is 2.32. The summed E-state index contributed by atoms with van der Waals surface area (Å²) in [4.78, 5) is 0.116. The predicted molar refractivity (Wildman–Crippen MR) is 80.6 cm³/mol. The Balaban J connectivity index is 2.77. The molecule has 2 rings (SSSR count). The highest BCUT2D eigenvalue weighted by Crippen LogP contribution is 2.33. The Morgan fingerprint density at radius 1 is 0.762 bits per heavy atom. The molecule has 0 bridgehead atoms. The van der Waals surface area contributed by atoms with Crippen LogP contribution in [0.2, 0.25) is 0 Å². The van der Waals surface area contributed by atoms with Crippen molar-refractivity contribution in [1.82, 2.24) is 0 Å². The van der Waals surface area contributed by atoms with Gasteiger partial charge in [0.1, 0.15) is 11.5 Å². The van der Waals surface area contributed by atoms with Crippen molar-refractivity contribution >= 4 is 9.84 Å². The molecule has 0 aliphatic rings. The van der Waals surface area contributed by atoms with Crippen molar-refractivity contribution in [2.24, 2.45) is 0 Å². The minimum atomic E-state index is -3.80. The molecule has 0 atom stereocenters. The second kappa shape index (κ2) is 5.07. The molecule has 2 aromatic rings. The van der Waals surface area contributed by atoms with E-state index in [2.05, 4.69) is 0 Å². The minimum absolute atomic E-state index is 0.0544. The molecule has 0 aromatic heterocycles. The Bertz CT molecular complexity index is 821. The molecule has 0 aliphatic heterocycles.